The maximum atomic E-state index is 14.0. The maximum absolute atomic E-state index is 14.0. The molecule has 4 heterocycles. The lowest BCUT2D eigenvalue weighted by Crippen LogP contribution is -2.48. The quantitative estimate of drug-likeness (QED) is 0.231. The van der Waals surface area contributed by atoms with Crippen molar-refractivity contribution in [2.75, 3.05) is 18.2 Å². The van der Waals surface area contributed by atoms with Gasteiger partial charge in [0.2, 0.25) is 11.8 Å². The Kier molecular flexibility index (Phi) is 7.72. The molecule has 1 aromatic carbocycles. The van der Waals surface area contributed by atoms with Crippen LogP contribution in [0.25, 0.3) is 21.9 Å². The van der Waals surface area contributed by atoms with Crippen molar-refractivity contribution in [1.82, 2.24) is 24.4 Å². The highest BCUT2D eigenvalue weighted by Gasteiger charge is 2.41. The summed E-state index contributed by atoms with van der Waals surface area (Å²) in [5.41, 5.74) is 6.07. The van der Waals surface area contributed by atoms with Crippen LogP contribution in [0, 0.1) is 19.3 Å². The molecule has 42 heavy (non-hydrogen) atoms. The van der Waals surface area contributed by atoms with Crippen LogP contribution in [-0.2, 0) is 22.3 Å². The predicted octanol–water partition coefficient (Wildman–Crippen LogP) is 4.68. The molecule has 1 aliphatic rings. The van der Waals surface area contributed by atoms with Gasteiger partial charge < -0.3 is 25.3 Å². The van der Waals surface area contributed by atoms with E-state index in [0.717, 1.165) is 12.1 Å². The number of terminal acetylenes is 1. The first kappa shape index (κ1) is 29.1. The number of fused-ring (bicyclic) bond motifs is 3. The molecule has 0 spiro atoms. The minimum atomic E-state index is -4.60. The summed E-state index contributed by atoms with van der Waals surface area (Å²) in [6.45, 7) is 1.20. The fraction of sp³-hybridized carbons (Fsp3) is 0.321. The van der Waals surface area contributed by atoms with Gasteiger partial charge in [0, 0.05) is 30.0 Å². The van der Waals surface area contributed by atoms with E-state index < -0.39 is 35.6 Å². The van der Waals surface area contributed by atoms with Crippen LogP contribution < -0.4 is 15.8 Å². The van der Waals surface area contributed by atoms with Crippen LogP contribution in [0.15, 0.2) is 35.2 Å². The summed E-state index contributed by atoms with van der Waals surface area (Å²) in [6.07, 6.45) is 3.23. The number of carbonyl (C=O) groups is 2. The second-order valence-electron chi connectivity index (χ2n) is 9.89. The van der Waals surface area contributed by atoms with E-state index in [1.807, 2.05) is 0 Å². The maximum Gasteiger partial charge on any atom is 0.416 e. The molecule has 2 amide bonds. The van der Waals surface area contributed by atoms with Gasteiger partial charge in [-0.15, -0.1) is 12.3 Å². The van der Waals surface area contributed by atoms with E-state index in [1.165, 1.54) is 29.8 Å². The van der Waals surface area contributed by atoms with Crippen molar-refractivity contribution in [1.29, 1.82) is 0 Å². The number of amides is 2. The Morgan fingerprint density at radius 3 is 2.69 bits per heavy atom. The van der Waals surface area contributed by atoms with Crippen LogP contribution in [-0.4, -0.2) is 55.4 Å². The standard InChI is InChI=1S/C28H25BrF3N7O3/c1-4-5-16-6-7-19(27(41)37-21-11-17(42-3)10-20(29)36-21)39(16)22(40)12-38-24-14(2)8-15(28(30,31)32)9-18(24)23-25(33)34-13-35-26(23)38/h1,8-11,13,16,19H,5-7,12H2,2-3H3,(H2,33,34,35)(H,36,37,41)/t16-,19+/m1/s1. The highest BCUT2D eigenvalue weighted by atomic mass is 79.9. The van der Waals surface area contributed by atoms with Crippen molar-refractivity contribution in [2.45, 2.75) is 51.0 Å². The number of halogens is 4. The van der Waals surface area contributed by atoms with Crippen molar-refractivity contribution in [3.63, 3.8) is 0 Å². The summed E-state index contributed by atoms with van der Waals surface area (Å²) < 4.78 is 48.2. The van der Waals surface area contributed by atoms with Crippen LogP contribution in [0.2, 0.25) is 0 Å². The van der Waals surface area contributed by atoms with Gasteiger partial charge in [0.05, 0.1) is 23.6 Å². The molecule has 1 aliphatic heterocycles. The Balaban J connectivity index is 1.54. The number of nitrogen functional groups attached to an aromatic ring is 1. The summed E-state index contributed by atoms with van der Waals surface area (Å²) >= 11 is 3.28. The number of alkyl halides is 3. The molecule has 10 nitrogen and oxygen atoms in total. The van der Waals surface area contributed by atoms with Gasteiger partial charge in [-0.1, -0.05) is 0 Å². The number of nitrogens with zero attached hydrogens (tertiary/aromatic N) is 5. The zero-order chi connectivity index (χ0) is 30.3. The van der Waals surface area contributed by atoms with Gasteiger partial charge in [0.25, 0.3) is 0 Å². The van der Waals surface area contributed by atoms with Crippen molar-refractivity contribution < 1.29 is 27.5 Å². The highest BCUT2D eigenvalue weighted by molar-refractivity contribution is 9.10. The first-order valence-electron chi connectivity index (χ1n) is 12.8. The van der Waals surface area contributed by atoms with Crippen LogP contribution in [0.1, 0.15) is 30.4 Å². The number of rotatable bonds is 6. The molecule has 1 fully saturated rings. The average Bonchev–Trinajstić information content (AvgIpc) is 3.48. The number of nitrogens with one attached hydrogen (secondary N) is 1. The van der Waals surface area contributed by atoms with E-state index in [9.17, 15) is 22.8 Å². The van der Waals surface area contributed by atoms with E-state index in [1.54, 1.807) is 12.1 Å². The van der Waals surface area contributed by atoms with Crippen molar-refractivity contribution in [3.8, 4) is 18.1 Å². The summed E-state index contributed by atoms with van der Waals surface area (Å²) in [7, 11) is 1.48. The smallest absolute Gasteiger partial charge is 0.416 e. The number of methoxy groups -OCH3 is 1. The second-order valence-corrected chi connectivity index (χ2v) is 10.7. The lowest BCUT2D eigenvalue weighted by atomic mass is 10.1. The monoisotopic (exact) mass is 643 g/mol. The number of carbonyl (C=O) groups excluding carboxylic acids is 2. The van der Waals surface area contributed by atoms with Gasteiger partial charge in [-0.3, -0.25) is 9.59 Å². The normalized spacial score (nSPS) is 17.0. The van der Waals surface area contributed by atoms with Crippen molar-refractivity contribution >= 4 is 61.3 Å². The topological polar surface area (TPSA) is 128 Å². The largest absolute Gasteiger partial charge is 0.497 e. The first-order valence-corrected chi connectivity index (χ1v) is 13.6. The minimum Gasteiger partial charge on any atom is -0.497 e. The molecule has 5 rings (SSSR count). The van der Waals surface area contributed by atoms with E-state index >= 15 is 0 Å². The summed E-state index contributed by atoms with van der Waals surface area (Å²) in [4.78, 5) is 41.4. The van der Waals surface area contributed by atoms with Crippen LogP contribution in [0.4, 0.5) is 24.8 Å². The lowest BCUT2D eigenvalue weighted by Gasteiger charge is -2.29. The van der Waals surface area contributed by atoms with Crippen molar-refractivity contribution in [3.05, 3.63) is 46.3 Å². The number of likely N-dealkylation sites (tertiary alicyclic amines) is 1. The zero-order valence-electron chi connectivity index (χ0n) is 22.5. The molecule has 0 aliphatic carbocycles. The number of pyridine rings is 1. The molecule has 4 aromatic rings. The number of hydrogen-bond acceptors (Lipinski definition) is 7. The number of benzene rings is 1. The molecule has 0 bridgehead atoms. The van der Waals surface area contributed by atoms with Gasteiger partial charge in [-0.05, 0) is 53.4 Å². The Morgan fingerprint density at radius 2 is 2.00 bits per heavy atom. The van der Waals surface area contributed by atoms with Gasteiger partial charge in [0.1, 0.15) is 46.5 Å². The fourth-order valence-corrected chi connectivity index (χ4v) is 5.96. The number of aromatic nitrogens is 4. The Labute approximate surface area is 246 Å². The molecule has 1 saturated heterocycles. The van der Waals surface area contributed by atoms with E-state index in [2.05, 4.69) is 42.1 Å². The van der Waals surface area contributed by atoms with Crippen LogP contribution >= 0.6 is 15.9 Å². The Hall–Kier alpha value is -4.38. The fourth-order valence-electron chi connectivity index (χ4n) is 5.54. The average molecular weight is 644 g/mol. The third kappa shape index (κ3) is 5.32. The van der Waals surface area contributed by atoms with Crippen LogP contribution in [0.5, 0.6) is 5.75 Å². The number of hydrogen-bond donors (Lipinski definition) is 2. The van der Waals surface area contributed by atoms with E-state index in [-0.39, 0.29) is 46.6 Å². The first-order chi connectivity index (χ1) is 19.9. The van der Waals surface area contributed by atoms with Crippen LogP contribution in [0.3, 0.4) is 0 Å². The number of aryl methyl sites for hydroxylation is 1. The molecule has 0 unspecified atom stereocenters. The summed E-state index contributed by atoms with van der Waals surface area (Å²) in [5, 5.41) is 3.13. The van der Waals surface area contributed by atoms with E-state index in [0.29, 0.717) is 28.7 Å². The van der Waals surface area contributed by atoms with Gasteiger partial charge >= 0.3 is 6.18 Å². The summed E-state index contributed by atoms with van der Waals surface area (Å²) in [5.74, 6) is 2.33. The molecular weight excluding hydrogens is 619 g/mol. The van der Waals surface area contributed by atoms with Crippen molar-refractivity contribution in [2.24, 2.45) is 0 Å². The van der Waals surface area contributed by atoms with Gasteiger partial charge in [0.15, 0.2) is 0 Å². The predicted molar refractivity (Wildman–Crippen MR) is 153 cm³/mol. The third-order valence-corrected chi connectivity index (χ3v) is 7.68. The molecule has 3 N–H and O–H groups in total. The SMILES string of the molecule is C#CC[C@@H]1CC[C@@H](C(=O)Nc2cc(OC)cc(Br)n2)N1C(=O)Cn1c2ncnc(N)c2c2cc(C(F)(F)F)cc(C)c21. The molecule has 0 radical (unpaired) electrons. The zero-order valence-corrected chi connectivity index (χ0v) is 24.1. The number of ether oxygens (including phenoxy) is 1. The molecule has 3 aromatic heterocycles. The highest BCUT2D eigenvalue weighted by Crippen LogP contribution is 2.39. The molecule has 0 saturated carbocycles. The number of nitrogens with two attached hydrogens (primary N) is 1. The second kappa shape index (κ2) is 11.1. The lowest BCUT2D eigenvalue weighted by molar-refractivity contribution is -0.139. The molecule has 218 valence electrons. The third-order valence-electron chi connectivity index (χ3n) is 7.27. The Bertz CT molecular complexity index is 1770. The van der Waals surface area contributed by atoms with Gasteiger partial charge in [-0.2, -0.15) is 13.2 Å². The van der Waals surface area contributed by atoms with Gasteiger partial charge in [-0.25, -0.2) is 15.0 Å². The molecular formula is C28H25BrF3N7O3. The van der Waals surface area contributed by atoms with E-state index in [4.69, 9.17) is 16.9 Å². The molecule has 2 atom stereocenters. The minimum absolute atomic E-state index is 0.0180. The molecule has 14 heteroatoms. The number of anilines is 2. The Morgan fingerprint density at radius 1 is 1.24 bits per heavy atom. The summed E-state index contributed by atoms with van der Waals surface area (Å²) in [6, 6.07) is 3.88.